The minimum absolute atomic E-state index is 0.954. The summed E-state index contributed by atoms with van der Waals surface area (Å²) < 4.78 is 3.20. The molecule has 0 bridgehead atoms. The van der Waals surface area contributed by atoms with E-state index in [4.69, 9.17) is 0 Å². The second kappa shape index (κ2) is 5.63. The Balaban J connectivity index is 2.11. The third kappa shape index (κ3) is 2.41. The summed E-state index contributed by atoms with van der Waals surface area (Å²) in [6.45, 7) is 2.16. The maximum atomic E-state index is 4.49. The molecular weight excluding hydrogens is 312 g/mol. The third-order valence-electron chi connectivity index (χ3n) is 3.35. The number of halogens is 1. The highest BCUT2D eigenvalue weighted by molar-refractivity contribution is 9.10. The minimum Gasteiger partial charge on any atom is -0.299 e. The van der Waals surface area contributed by atoms with Crippen molar-refractivity contribution in [2.75, 3.05) is 0 Å². The Hall–Kier alpha value is -1.87. The SMILES string of the molecule is CCc1ccc(-n2ccnc2-c2ccccc2)c(Br)c1. The summed E-state index contributed by atoms with van der Waals surface area (Å²) in [7, 11) is 0. The summed E-state index contributed by atoms with van der Waals surface area (Å²) in [4.78, 5) is 4.49. The van der Waals surface area contributed by atoms with Crippen molar-refractivity contribution in [1.82, 2.24) is 9.55 Å². The highest BCUT2D eigenvalue weighted by Gasteiger charge is 2.10. The molecule has 1 heterocycles. The van der Waals surface area contributed by atoms with E-state index in [9.17, 15) is 0 Å². The zero-order valence-electron chi connectivity index (χ0n) is 11.3. The molecule has 100 valence electrons. The largest absolute Gasteiger partial charge is 0.299 e. The fraction of sp³-hybridized carbons (Fsp3) is 0.118. The average molecular weight is 327 g/mol. The van der Waals surface area contributed by atoms with Crippen LogP contribution in [0.3, 0.4) is 0 Å². The molecule has 0 radical (unpaired) electrons. The van der Waals surface area contributed by atoms with Gasteiger partial charge in [-0.3, -0.25) is 4.57 Å². The number of imidazole rings is 1. The molecule has 0 saturated carbocycles. The first-order chi connectivity index (χ1) is 9.79. The van der Waals surface area contributed by atoms with E-state index >= 15 is 0 Å². The van der Waals surface area contributed by atoms with Crippen LogP contribution < -0.4 is 0 Å². The Morgan fingerprint density at radius 1 is 1.10 bits per heavy atom. The van der Waals surface area contributed by atoms with Gasteiger partial charge in [-0.25, -0.2) is 4.98 Å². The first-order valence-corrected chi connectivity index (χ1v) is 7.46. The molecule has 0 amide bonds. The number of hydrogen-bond acceptors (Lipinski definition) is 1. The van der Waals surface area contributed by atoms with Crippen molar-refractivity contribution in [2.45, 2.75) is 13.3 Å². The lowest BCUT2D eigenvalue weighted by atomic mass is 10.1. The number of aromatic nitrogens is 2. The number of nitrogens with zero attached hydrogens (tertiary/aromatic N) is 2. The second-order valence-corrected chi connectivity index (χ2v) is 5.48. The summed E-state index contributed by atoms with van der Waals surface area (Å²) in [6.07, 6.45) is 4.87. The van der Waals surface area contributed by atoms with Gasteiger partial charge >= 0.3 is 0 Å². The summed E-state index contributed by atoms with van der Waals surface area (Å²) in [5.74, 6) is 0.954. The maximum Gasteiger partial charge on any atom is 0.144 e. The van der Waals surface area contributed by atoms with Crippen LogP contribution in [0.15, 0.2) is 65.4 Å². The van der Waals surface area contributed by atoms with Crippen LogP contribution in [0.4, 0.5) is 0 Å². The molecule has 0 atom stereocenters. The molecule has 2 aromatic carbocycles. The van der Waals surface area contributed by atoms with Gasteiger partial charge in [-0.1, -0.05) is 43.3 Å². The first kappa shape index (κ1) is 13.1. The van der Waals surface area contributed by atoms with Crippen molar-refractivity contribution in [1.29, 1.82) is 0 Å². The molecule has 0 aliphatic rings. The molecule has 0 saturated heterocycles. The standard InChI is InChI=1S/C17H15BrN2/c1-2-13-8-9-16(15(18)12-13)20-11-10-19-17(20)14-6-4-3-5-7-14/h3-12H,2H2,1H3. The van der Waals surface area contributed by atoms with Crippen molar-refractivity contribution >= 4 is 15.9 Å². The number of hydrogen-bond donors (Lipinski definition) is 0. The van der Waals surface area contributed by atoms with Gasteiger partial charge in [0.1, 0.15) is 5.82 Å². The fourth-order valence-electron chi connectivity index (χ4n) is 2.26. The van der Waals surface area contributed by atoms with Gasteiger partial charge in [0.2, 0.25) is 0 Å². The van der Waals surface area contributed by atoms with E-state index < -0.39 is 0 Å². The molecule has 0 spiro atoms. The molecule has 0 N–H and O–H groups in total. The molecule has 0 unspecified atom stereocenters. The zero-order chi connectivity index (χ0) is 13.9. The number of rotatable bonds is 3. The topological polar surface area (TPSA) is 17.8 Å². The molecule has 3 aromatic rings. The lowest BCUT2D eigenvalue weighted by molar-refractivity contribution is 1.05. The number of aryl methyl sites for hydroxylation is 1. The maximum absolute atomic E-state index is 4.49. The van der Waals surface area contributed by atoms with Gasteiger partial charge in [-0.05, 0) is 40.0 Å². The average Bonchev–Trinajstić information content (AvgIpc) is 2.97. The Bertz CT molecular complexity index is 717. The Morgan fingerprint density at radius 2 is 1.90 bits per heavy atom. The number of benzene rings is 2. The minimum atomic E-state index is 0.954. The van der Waals surface area contributed by atoms with Crippen LogP contribution in [0.1, 0.15) is 12.5 Å². The van der Waals surface area contributed by atoms with E-state index in [0.717, 1.165) is 28.0 Å². The predicted octanol–water partition coefficient (Wildman–Crippen LogP) is 4.86. The monoisotopic (exact) mass is 326 g/mol. The van der Waals surface area contributed by atoms with E-state index in [1.807, 2.05) is 30.6 Å². The van der Waals surface area contributed by atoms with E-state index in [1.54, 1.807) is 0 Å². The van der Waals surface area contributed by atoms with Crippen LogP contribution >= 0.6 is 15.9 Å². The van der Waals surface area contributed by atoms with Crippen LogP contribution in [-0.4, -0.2) is 9.55 Å². The van der Waals surface area contributed by atoms with E-state index in [2.05, 4.69) is 62.7 Å². The summed E-state index contributed by atoms with van der Waals surface area (Å²) in [5.41, 5.74) is 3.55. The molecule has 1 aromatic heterocycles. The smallest absolute Gasteiger partial charge is 0.144 e. The second-order valence-electron chi connectivity index (χ2n) is 4.63. The van der Waals surface area contributed by atoms with E-state index in [0.29, 0.717) is 0 Å². The Labute approximate surface area is 127 Å². The lowest BCUT2D eigenvalue weighted by Gasteiger charge is -2.11. The zero-order valence-corrected chi connectivity index (χ0v) is 12.8. The van der Waals surface area contributed by atoms with Gasteiger partial charge in [-0.2, -0.15) is 0 Å². The molecule has 0 aliphatic carbocycles. The van der Waals surface area contributed by atoms with Gasteiger partial charge in [0.05, 0.1) is 5.69 Å². The van der Waals surface area contributed by atoms with Crippen molar-refractivity contribution in [2.24, 2.45) is 0 Å². The van der Waals surface area contributed by atoms with Gasteiger partial charge in [-0.15, -0.1) is 0 Å². The van der Waals surface area contributed by atoms with Crippen molar-refractivity contribution in [3.63, 3.8) is 0 Å². The van der Waals surface area contributed by atoms with E-state index in [1.165, 1.54) is 5.56 Å². The Morgan fingerprint density at radius 3 is 2.60 bits per heavy atom. The van der Waals surface area contributed by atoms with Crippen LogP contribution in [0.5, 0.6) is 0 Å². The molecule has 3 heteroatoms. The summed E-state index contributed by atoms with van der Waals surface area (Å²) in [5, 5.41) is 0. The Kier molecular flexibility index (Phi) is 3.70. The lowest BCUT2D eigenvalue weighted by Crippen LogP contribution is -1.98. The van der Waals surface area contributed by atoms with Crippen LogP contribution in [0.25, 0.3) is 17.1 Å². The van der Waals surface area contributed by atoms with Gasteiger partial charge in [0.25, 0.3) is 0 Å². The van der Waals surface area contributed by atoms with Crippen molar-refractivity contribution < 1.29 is 0 Å². The first-order valence-electron chi connectivity index (χ1n) is 6.67. The quantitative estimate of drug-likeness (QED) is 0.671. The highest BCUT2D eigenvalue weighted by Crippen LogP contribution is 2.27. The fourth-order valence-corrected chi connectivity index (χ4v) is 2.88. The summed E-state index contributed by atoms with van der Waals surface area (Å²) >= 11 is 3.67. The van der Waals surface area contributed by atoms with Gasteiger partial charge in [0, 0.05) is 22.4 Å². The normalized spacial score (nSPS) is 10.7. The van der Waals surface area contributed by atoms with Crippen LogP contribution in [-0.2, 0) is 6.42 Å². The molecular formula is C17H15BrN2. The highest BCUT2D eigenvalue weighted by atomic mass is 79.9. The van der Waals surface area contributed by atoms with E-state index in [-0.39, 0.29) is 0 Å². The van der Waals surface area contributed by atoms with Crippen molar-refractivity contribution in [3.05, 3.63) is 71.0 Å². The molecule has 0 aliphatic heterocycles. The summed E-state index contributed by atoms with van der Waals surface area (Å²) in [6, 6.07) is 16.7. The molecule has 2 nitrogen and oxygen atoms in total. The van der Waals surface area contributed by atoms with Gasteiger partial charge in [0.15, 0.2) is 0 Å². The van der Waals surface area contributed by atoms with Crippen LogP contribution in [0, 0.1) is 0 Å². The molecule has 3 rings (SSSR count). The molecule has 0 fully saturated rings. The van der Waals surface area contributed by atoms with Crippen LogP contribution in [0.2, 0.25) is 0 Å². The third-order valence-corrected chi connectivity index (χ3v) is 3.99. The van der Waals surface area contributed by atoms with Gasteiger partial charge < -0.3 is 0 Å². The van der Waals surface area contributed by atoms with Crippen molar-refractivity contribution in [3.8, 4) is 17.1 Å². The molecule has 20 heavy (non-hydrogen) atoms. The predicted molar refractivity (Wildman–Crippen MR) is 86.1 cm³/mol.